The third-order valence-electron chi connectivity index (χ3n) is 2.63. The average Bonchev–Trinajstić information content (AvgIpc) is 2.85. The second-order valence-corrected chi connectivity index (χ2v) is 5.08. The highest BCUT2D eigenvalue weighted by Crippen LogP contribution is 2.24. The fraction of sp³-hybridized carbons (Fsp3) is 0.308. The van der Waals surface area contributed by atoms with Crippen molar-refractivity contribution in [3.8, 4) is 0 Å². The van der Waals surface area contributed by atoms with E-state index in [9.17, 15) is 4.79 Å². The molecule has 0 unspecified atom stereocenters. The standard InChI is InChI=1S/C13H14N2O3S/c1-3-11-14-12(18-15-11)7-19-9-5-4-8(2)10(6-9)13(16)17/h4-6H,3,7H2,1-2H3,(H,16,17). The maximum Gasteiger partial charge on any atom is 0.335 e. The minimum absolute atomic E-state index is 0.324. The third kappa shape index (κ3) is 3.35. The van der Waals surface area contributed by atoms with Gasteiger partial charge in [0.1, 0.15) is 0 Å². The van der Waals surface area contributed by atoms with Crippen molar-refractivity contribution in [3.63, 3.8) is 0 Å². The Morgan fingerprint density at radius 1 is 1.47 bits per heavy atom. The van der Waals surface area contributed by atoms with Crippen LogP contribution < -0.4 is 0 Å². The van der Waals surface area contributed by atoms with Gasteiger partial charge in [-0.05, 0) is 24.6 Å². The molecule has 0 saturated carbocycles. The van der Waals surface area contributed by atoms with Crippen LogP contribution in [0.2, 0.25) is 0 Å². The highest BCUT2D eigenvalue weighted by molar-refractivity contribution is 7.98. The normalized spacial score (nSPS) is 10.6. The number of aryl methyl sites for hydroxylation is 2. The quantitative estimate of drug-likeness (QED) is 0.847. The van der Waals surface area contributed by atoms with Crippen molar-refractivity contribution in [2.24, 2.45) is 0 Å². The Bertz CT molecular complexity index is 595. The van der Waals surface area contributed by atoms with Gasteiger partial charge in [0.15, 0.2) is 5.82 Å². The van der Waals surface area contributed by atoms with E-state index in [0.717, 1.165) is 16.9 Å². The van der Waals surface area contributed by atoms with E-state index in [4.69, 9.17) is 9.63 Å². The second kappa shape index (κ2) is 5.88. The summed E-state index contributed by atoms with van der Waals surface area (Å²) in [6.45, 7) is 3.74. The van der Waals surface area contributed by atoms with Crippen LogP contribution in [0, 0.1) is 6.92 Å². The summed E-state index contributed by atoms with van der Waals surface area (Å²) in [5, 5.41) is 12.9. The summed E-state index contributed by atoms with van der Waals surface area (Å²) in [4.78, 5) is 16.1. The van der Waals surface area contributed by atoms with E-state index >= 15 is 0 Å². The van der Waals surface area contributed by atoms with Crippen LogP contribution in [-0.2, 0) is 12.2 Å². The predicted octanol–water partition coefficient (Wildman–Crippen LogP) is 2.93. The van der Waals surface area contributed by atoms with Gasteiger partial charge in [-0.15, -0.1) is 11.8 Å². The van der Waals surface area contributed by atoms with Gasteiger partial charge in [0.05, 0.1) is 11.3 Å². The first-order valence-corrected chi connectivity index (χ1v) is 6.87. The van der Waals surface area contributed by atoms with Crippen LogP contribution in [0.25, 0.3) is 0 Å². The first-order chi connectivity index (χ1) is 9.10. The molecule has 0 aliphatic rings. The maximum atomic E-state index is 11.0. The van der Waals surface area contributed by atoms with Crippen molar-refractivity contribution < 1.29 is 14.4 Å². The lowest BCUT2D eigenvalue weighted by molar-refractivity contribution is 0.0696. The van der Waals surface area contributed by atoms with Crippen LogP contribution in [0.3, 0.4) is 0 Å². The molecule has 0 fully saturated rings. The lowest BCUT2D eigenvalue weighted by atomic mass is 10.1. The average molecular weight is 278 g/mol. The zero-order chi connectivity index (χ0) is 13.8. The molecule has 1 N–H and O–H groups in total. The van der Waals surface area contributed by atoms with Gasteiger partial charge in [0.25, 0.3) is 0 Å². The van der Waals surface area contributed by atoms with Gasteiger partial charge in [-0.1, -0.05) is 18.1 Å². The fourth-order valence-electron chi connectivity index (χ4n) is 1.56. The number of carboxylic acid groups (broad SMARTS) is 1. The van der Waals surface area contributed by atoms with Crippen LogP contribution in [0.1, 0.15) is 34.6 Å². The molecule has 1 heterocycles. The summed E-state index contributed by atoms with van der Waals surface area (Å²) in [5.41, 5.74) is 1.08. The van der Waals surface area contributed by atoms with Crippen LogP contribution in [0.4, 0.5) is 0 Å². The summed E-state index contributed by atoms with van der Waals surface area (Å²) in [6, 6.07) is 5.36. The molecule has 0 atom stereocenters. The number of benzene rings is 1. The number of aromatic nitrogens is 2. The van der Waals surface area contributed by atoms with Gasteiger partial charge in [-0.2, -0.15) is 4.98 Å². The Balaban J connectivity index is 2.07. The summed E-state index contributed by atoms with van der Waals surface area (Å²) in [7, 11) is 0. The number of aromatic carboxylic acids is 1. The zero-order valence-electron chi connectivity index (χ0n) is 10.7. The van der Waals surface area contributed by atoms with E-state index in [-0.39, 0.29) is 0 Å². The minimum Gasteiger partial charge on any atom is -0.478 e. The van der Waals surface area contributed by atoms with Crippen molar-refractivity contribution in [2.75, 3.05) is 0 Å². The molecule has 6 heteroatoms. The molecule has 1 aromatic heterocycles. The second-order valence-electron chi connectivity index (χ2n) is 4.03. The summed E-state index contributed by atoms with van der Waals surface area (Å²) in [6.07, 6.45) is 0.738. The van der Waals surface area contributed by atoms with Gasteiger partial charge < -0.3 is 9.63 Å². The van der Waals surface area contributed by atoms with Gasteiger partial charge >= 0.3 is 5.97 Å². The summed E-state index contributed by atoms with van der Waals surface area (Å²) < 4.78 is 5.08. The molecule has 0 spiro atoms. The van der Waals surface area contributed by atoms with E-state index in [1.165, 1.54) is 11.8 Å². The van der Waals surface area contributed by atoms with E-state index in [1.807, 2.05) is 13.0 Å². The van der Waals surface area contributed by atoms with Crippen LogP contribution in [0.5, 0.6) is 0 Å². The number of hydrogen-bond acceptors (Lipinski definition) is 5. The smallest absolute Gasteiger partial charge is 0.335 e. The minimum atomic E-state index is -0.911. The van der Waals surface area contributed by atoms with Crippen molar-refractivity contribution in [3.05, 3.63) is 41.0 Å². The number of hydrogen-bond donors (Lipinski definition) is 1. The zero-order valence-corrected chi connectivity index (χ0v) is 11.5. The number of nitrogens with zero attached hydrogens (tertiary/aromatic N) is 2. The van der Waals surface area contributed by atoms with Crippen LogP contribution in [0.15, 0.2) is 27.6 Å². The number of thioether (sulfide) groups is 1. The number of rotatable bonds is 5. The van der Waals surface area contributed by atoms with Gasteiger partial charge in [0.2, 0.25) is 5.89 Å². The SMILES string of the molecule is CCc1noc(CSc2ccc(C)c(C(=O)O)c2)n1. The molecule has 0 bridgehead atoms. The topological polar surface area (TPSA) is 76.2 Å². The number of carboxylic acids is 1. The van der Waals surface area contributed by atoms with E-state index in [0.29, 0.717) is 23.0 Å². The van der Waals surface area contributed by atoms with Gasteiger partial charge in [-0.25, -0.2) is 4.79 Å². The fourth-order valence-corrected chi connectivity index (χ4v) is 2.33. The lowest BCUT2D eigenvalue weighted by Crippen LogP contribution is -1.99. The third-order valence-corrected chi connectivity index (χ3v) is 3.61. The molecule has 0 aliphatic carbocycles. The molecule has 2 aromatic rings. The van der Waals surface area contributed by atoms with Gasteiger partial charge in [-0.3, -0.25) is 0 Å². The van der Waals surface area contributed by atoms with Gasteiger partial charge in [0, 0.05) is 11.3 Å². The van der Waals surface area contributed by atoms with E-state index < -0.39 is 5.97 Å². The first kappa shape index (κ1) is 13.6. The Kier molecular flexibility index (Phi) is 4.21. The largest absolute Gasteiger partial charge is 0.478 e. The van der Waals surface area contributed by atoms with Crippen molar-refractivity contribution in [2.45, 2.75) is 30.9 Å². The Hall–Kier alpha value is -1.82. The Morgan fingerprint density at radius 3 is 2.89 bits per heavy atom. The maximum absolute atomic E-state index is 11.0. The molecular weight excluding hydrogens is 264 g/mol. The molecule has 19 heavy (non-hydrogen) atoms. The van der Waals surface area contributed by atoms with Crippen molar-refractivity contribution in [1.29, 1.82) is 0 Å². The molecule has 0 saturated heterocycles. The Labute approximate surface area is 115 Å². The van der Waals surface area contributed by atoms with Crippen LogP contribution >= 0.6 is 11.8 Å². The summed E-state index contributed by atoms with van der Waals surface area (Å²) in [5.74, 6) is 0.866. The lowest BCUT2D eigenvalue weighted by Gasteiger charge is -2.03. The molecule has 0 aliphatic heterocycles. The predicted molar refractivity (Wildman–Crippen MR) is 71.4 cm³/mol. The molecular formula is C13H14N2O3S. The molecule has 1 aromatic carbocycles. The molecule has 5 nitrogen and oxygen atoms in total. The Morgan fingerprint density at radius 2 is 2.26 bits per heavy atom. The van der Waals surface area contributed by atoms with Crippen molar-refractivity contribution >= 4 is 17.7 Å². The highest BCUT2D eigenvalue weighted by Gasteiger charge is 2.10. The molecule has 0 radical (unpaired) electrons. The van der Waals surface area contributed by atoms with Crippen molar-refractivity contribution in [1.82, 2.24) is 10.1 Å². The molecule has 100 valence electrons. The van der Waals surface area contributed by atoms with Crippen LogP contribution in [-0.4, -0.2) is 21.2 Å². The molecule has 0 amide bonds. The first-order valence-electron chi connectivity index (χ1n) is 5.88. The highest BCUT2D eigenvalue weighted by atomic mass is 32.2. The summed E-state index contributed by atoms with van der Waals surface area (Å²) >= 11 is 1.48. The van der Waals surface area contributed by atoms with E-state index in [2.05, 4.69) is 10.1 Å². The van der Waals surface area contributed by atoms with E-state index in [1.54, 1.807) is 19.1 Å². The molecule has 2 rings (SSSR count). The monoisotopic (exact) mass is 278 g/mol. The number of carbonyl (C=O) groups is 1.